The molecule has 7 nitrogen and oxygen atoms in total. The molecule has 0 saturated heterocycles. The van der Waals surface area contributed by atoms with Crippen molar-refractivity contribution in [1.29, 1.82) is 0 Å². The number of nitro benzene ring substituents is 1. The average molecular weight is 326 g/mol. The van der Waals surface area contributed by atoms with E-state index >= 15 is 0 Å². The van der Waals surface area contributed by atoms with Gasteiger partial charge in [-0.15, -0.1) is 0 Å². The van der Waals surface area contributed by atoms with Crippen LogP contribution in [-0.4, -0.2) is 20.8 Å². The minimum atomic E-state index is -0.623. The molecule has 0 spiro atoms. The minimum Gasteiger partial charge on any atom is -0.505 e. The van der Waals surface area contributed by atoms with E-state index in [-0.39, 0.29) is 40.1 Å². The Morgan fingerprint density at radius 2 is 2.21 bits per heavy atom. The topological polar surface area (TPSA) is 106 Å². The molecular formula is C17H14N2O5. The number of ketones is 1. The number of furan rings is 1. The molecule has 0 bridgehead atoms. The Morgan fingerprint density at radius 3 is 2.83 bits per heavy atom. The van der Waals surface area contributed by atoms with Gasteiger partial charge >= 0.3 is 0 Å². The molecule has 1 unspecified atom stereocenters. The molecular weight excluding hydrogens is 312 g/mol. The first-order valence-corrected chi connectivity index (χ1v) is 7.27. The molecule has 24 heavy (non-hydrogen) atoms. The Morgan fingerprint density at radius 1 is 1.42 bits per heavy atom. The monoisotopic (exact) mass is 326 g/mol. The number of nitro groups is 1. The van der Waals surface area contributed by atoms with Crippen LogP contribution in [0.3, 0.4) is 0 Å². The molecule has 0 aliphatic heterocycles. The van der Waals surface area contributed by atoms with Crippen LogP contribution >= 0.6 is 0 Å². The normalized spacial score (nSPS) is 12.2. The number of hydrogen-bond donors (Lipinski definition) is 1. The maximum atomic E-state index is 11.6. The smallest absolute Gasteiger partial charge is 0.279 e. The third-order valence-electron chi connectivity index (χ3n) is 3.82. The van der Waals surface area contributed by atoms with E-state index in [0.717, 1.165) is 0 Å². The lowest BCUT2D eigenvalue weighted by molar-refractivity contribution is -0.383. The number of benzene rings is 1. The van der Waals surface area contributed by atoms with E-state index in [4.69, 9.17) is 4.42 Å². The molecule has 3 aromatic rings. The highest BCUT2D eigenvalue weighted by Gasteiger charge is 2.27. The number of phenols is 1. The van der Waals surface area contributed by atoms with Crippen molar-refractivity contribution in [2.45, 2.75) is 19.3 Å². The molecule has 0 radical (unpaired) electrons. The summed E-state index contributed by atoms with van der Waals surface area (Å²) in [6, 6.07) is 7.70. The molecule has 1 aromatic carbocycles. The van der Waals surface area contributed by atoms with E-state index in [1.54, 1.807) is 18.2 Å². The standard InChI is InChI=1S/C17H14N2O5/c1-10(20)8-12(15-5-3-7-24-15)13-9-14(19(22)23)11-4-2-6-18-16(11)17(13)21/h2-7,9,12,21H,8H2,1H3. The molecule has 2 aromatic heterocycles. The predicted molar refractivity (Wildman–Crippen MR) is 85.9 cm³/mol. The molecule has 3 rings (SSSR count). The lowest BCUT2D eigenvalue weighted by Gasteiger charge is -2.16. The van der Waals surface area contributed by atoms with Crippen molar-refractivity contribution in [1.82, 2.24) is 4.98 Å². The summed E-state index contributed by atoms with van der Waals surface area (Å²) in [5, 5.41) is 22.3. The molecule has 0 aliphatic rings. The molecule has 7 heteroatoms. The highest BCUT2D eigenvalue weighted by Crippen LogP contribution is 2.41. The van der Waals surface area contributed by atoms with Gasteiger partial charge in [0.05, 0.1) is 22.5 Å². The molecule has 1 N–H and O–H groups in total. The molecule has 1 atom stereocenters. The summed E-state index contributed by atoms with van der Waals surface area (Å²) in [6.07, 6.45) is 2.95. The van der Waals surface area contributed by atoms with Crippen molar-refractivity contribution < 1.29 is 19.2 Å². The van der Waals surface area contributed by atoms with E-state index in [1.807, 2.05) is 0 Å². The van der Waals surface area contributed by atoms with Crippen molar-refractivity contribution in [3.05, 3.63) is 64.2 Å². The summed E-state index contributed by atoms with van der Waals surface area (Å²) in [5.74, 6) is -0.480. The lowest BCUT2D eigenvalue weighted by Crippen LogP contribution is -2.07. The van der Waals surface area contributed by atoms with Crippen molar-refractivity contribution in [2.24, 2.45) is 0 Å². The Hall–Kier alpha value is -3.22. The van der Waals surface area contributed by atoms with Crippen LogP contribution in [0, 0.1) is 10.1 Å². The molecule has 0 saturated carbocycles. The van der Waals surface area contributed by atoms with Gasteiger partial charge in [-0.05, 0) is 31.2 Å². The van der Waals surface area contributed by atoms with Crippen LogP contribution in [0.15, 0.2) is 47.2 Å². The predicted octanol–water partition coefficient (Wildman–Crippen LogP) is 3.55. The van der Waals surface area contributed by atoms with E-state index in [1.165, 1.54) is 31.5 Å². The van der Waals surface area contributed by atoms with Crippen LogP contribution in [0.5, 0.6) is 5.75 Å². The van der Waals surface area contributed by atoms with Crippen LogP contribution in [-0.2, 0) is 4.79 Å². The van der Waals surface area contributed by atoms with Gasteiger partial charge in [-0.3, -0.25) is 19.9 Å². The molecule has 0 fully saturated rings. The van der Waals surface area contributed by atoms with Gasteiger partial charge in [-0.2, -0.15) is 0 Å². The van der Waals surface area contributed by atoms with Crippen LogP contribution in [0.2, 0.25) is 0 Å². The van der Waals surface area contributed by atoms with Gasteiger partial charge < -0.3 is 9.52 Å². The number of phenolic OH excluding ortho intramolecular Hbond substituents is 1. The Labute approximate surface area is 136 Å². The fraction of sp³-hybridized carbons (Fsp3) is 0.176. The molecule has 0 amide bonds. The summed E-state index contributed by atoms with van der Waals surface area (Å²) < 4.78 is 5.36. The third kappa shape index (κ3) is 2.71. The number of rotatable bonds is 5. The highest BCUT2D eigenvalue weighted by molar-refractivity contribution is 5.94. The number of Topliss-reactive ketones (excluding diaryl/α,β-unsaturated/α-hetero) is 1. The average Bonchev–Trinajstić information content (AvgIpc) is 3.07. The number of aromatic hydroxyl groups is 1. The Bertz CT molecular complexity index is 918. The quantitative estimate of drug-likeness (QED) is 0.567. The maximum Gasteiger partial charge on any atom is 0.279 e. The van der Waals surface area contributed by atoms with E-state index in [0.29, 0.717) is 5.76 Å². The van der Waals surface area contributed by atoms with E-state index < -0.39 is 10.8 Å². The first kappa shape index (κ1) is 15.7. The molecule has 0 aliphatic carbocycles. The van der Waals surface area contributed by atoms with Gasteiger partial charge in [0.25, 0.3) is 5.69 Å². The number of hydrogen-bond acceptors (Lipinski definition) is 6. The molecule has 122 valence electrons. The fourth-order valence-electron chi connectivity index (χ4n) is 2.79. The van der Waals surface area contributed by atoms with Crippen molar-refractivity contribution in [3.8, 4) is 5.75 Å². The van der Waals surface area contributed by atoms with Gasteiger partial charge in [0, 0.05) is 24.2 Å². The Balaban J connectivity index is 2.29. The summed E-state index contributed by atoms with van der Waals surface area (Å²) >= 11 is 0. The number of nitrogens with zero attached hydrogens (tertiary/aromatic N) is 2. The van der Waals surface area contributed by atoms with Gasteiger partial charge in [-0.1, -0.05) is 0 Å². The number of pyridine rings is 1. The third-order valence-corrected chi connectivity index (χ3v) is 3.82. The summed E-state index contributed by atoms with van der Waals surface area (Å²) in [5.41, 5.74) is 0.200. The summed E-state index contributed by atoms with van der Waals surface area (Å²) in [4.78, 5) is 26.6. The van der Waals surface area contributed by atoms with Crippen molar-refractivity contribution >= 4 is 22.4 Å². The zero-order valence-electron chi connectivity index (χ0n) is 12.8. The second-order valence-electron chi connectivity index (χ2n) is 5.46. The largest absolute Gasteiger partial charge is 0.505 e. The number of non-ortho nitro benzene ring substituents is 1. The summed E-state index contributed by atoms with van der Waals surface area (Å²) in [7, 11) is 0. The zero-order valence-corrected chi connectivity index (χ0v) is 12.8. The van der Waals surface area contributed by atoms with Crippen molar-refractivity contribution in [2.75, 3.05) is 0 Å². The fourth-order valence-corrected chi connectivity index (χ4v) is 2.79. The first-order chi connectivity index (χ1) is 11.5. The summed E-state index contributed by atoms with van der Waals surface area (Å²) in [6.45, 7) is 1.42. The number of fused-ring (bicyclic) bond motifs is 1. The lowest BCUT2D eigenvalue weighted by atomic mass is 9.89. The van der Waals surface area contributed by atoms with Crippen LogP contribution in [0.25, 0.3) is 10.9 Å². The molecule has 2 heterocycles. The maximum absolute atomic E-state index is 11.6. The SMILES string of the molecule is CC(=O)CC(c1ccco1)c1cc([N+](=O)[O-])c2cccnc2c1O. The highest BCUT2D eigenvalue weighted by atomic mass is 16.6. The van der Waals surface area contributed by atoms with Gasteiger partial charge in [0.1, 0.15) is 22.8 Å². The van der Waals surface area contributed by atoms with Crippen LogP contribution in [0.1, 0.15) is 30.6 Å². The van der Waals surface area contributed by atoms with E-state index in [9.17, 15) is 20.0 Å². The number of carbonyl (C=O) groups is 1. The first-order valence-electron chi connectivity index (χ1n) is 7.27. The number of carbonyl (C=O) groups excluding carboxylic acids is 1. The minimum absolute atomic E-state index is 0.0522. The van der Waals surface area contributed by atoms with Gasteiger partial charge in [0.15, 0.2) is 0 Å². The second kappa shape index (κ2) is 6.11. The van der Waals surface area contributed by atoms with Gasteiger partial charge in [-0.25, -0.2) is 0 Å². The van der Waals surface area contributed by atoms with Crippen molar-refractivity contribution in [3.63, 3.8) is 0 Å². The number of aromatic nitrogens is 1. The second-order valence-corrected chi connectivity index (χ2v) is 5.46. The zero-order chi connectivity index (χ0) is 17.3. The van der Waals surface area contributed by atoms with Crippen LogP contribution in [0.4, 0.5) is 5.69 Å². The van der Waals surface area contributed by atoms with Crippen LogP contribution < -0.4 is 0 Å². The van der Waals surface area contributed by atoms with E-state index in [2.05, 4.69) is 4.98 Å². The Kier molecular flexibility index (Phi) is 3.99. The van der Waals surface area contributed by atoms with Gasteiger partial charge in [0.2, 0.25) is 0 Å².